The Morgan fingerprint density at radius 1 is 0.857 bits per heavy atom. The van der Waals surface area contributed by atoms with Crippen molar-refractivity contribution < 1.29 is 24.0 Å². The van der Waals surface area contributed by atoms with Crippen molar-refractivity contribution in [3.8, 4) is 0 Å². The van der Waals surface area contributed by atoms with Crippen LogP contribution >= 0.6 is 11.3 Å². The number of hydrogen-bond acceptors (Lipinski definition) is 8. The van der Waals surface area contributed by atoms with E-state index >= 15 is 0 Å². The van der Waals surface area contributed by atoms with E-state index in [1.807, 2.05) is 0 Å². The van der Waals surface area contributed by atoms with Gasteiger partial charge in [-0.3, -0.25) is 39.1 Å². The molecule has 3 heterocycles. The second-order valence-corrected chi connectivity index (χ2v) is 10.1. The fourth-order valence-electron chi connectivity index (χ4n) is 4.05. The molecule has 2 aliphatic rings. The molecule has 35 heavy (non-hydrogen) atoms. The Hall–Kier alpha value is -4.25. The molecule has 5 rings (SSSR count). The van der Waals surface area contributed by atoms with E-state index in [0.717, 1.165) is 16.2 Å². The van der Waals surface area contributed by atoms with Gasteiger partial charge in [-0.25, -0.2) is 0 Å². The van der Waals surface area contributed by atoms with Crippen molar-refractivity contribution in [2.24, 2.45) is 0 Å². The van der Waals surface area contributed by atoms with E-state index < -0.39 is 35.1 Å². The average Bonchev–Trinajstić information content (AvgIpc) is 3.44. The molecule has 1 N–H and O–H groups in total. The van der Waals surface area contributed by atoms with E-state index in [9.17, 15) is 24.0 Å². The first-order chi connectivity index (χ1) is 16.6. The second-order valence-electron chi connectivity index (χ2n) is 9.07. The number of carbonyl (C=O) groups excluding carboxylic acids is 5. The standard InChI is InChI=1S/C24H19N5O5S/c1-24(2,3)29-21(33)15-9-8-12(10-16(15)22(29)34)18(30)25-23-27-26-17(35-23)11-28-19(31)13-6-4-5-7-14(13)20(28)32/h4-10H,11H2,1-3H3,(H,25,27,30). The average molecular weight is 490 g/mol. The van der Waals surface area contributed by atoms with Crippen molar-refractivity contribution in [3.63, 3.8) is 0 Å². The van der Waals surface area contributed by atoms with Crippen LogP contribution in [0.1, 0.15) is 77.6 Å². The summed E-state index contributed by atoms with van der Waals surface area (Å²) in [5, 5.41) is 11.0. The summed E-state index contributed by atoms with van der Waals surface area (Å²) in [5.41, 5.74) is 0.577. The van der Waals surface area contributed by atoms with Gasteiger partial charge < -0.3 is 0 Å². The van der Waals surface area contributed by atoms with Crippen LogP contribution in [0.3, 0.4) is 0 Å². The van der Waals surface area contributed by atoms with Crippen molar-refractivity contribution in [1.82, 2.24) is 20.0 Å². The highest BCUT2D eigenvalue weighted by atomic mass is 32.1. The first-order valence-electron chi connectivity index (χ1n) is 10.7. The van der Waals surface area contributed by atoms with Gasteiger partial charge in [0.05, 0.1) is 28.8 Å². The maximum atomic E-state index is 12.8. The summed E-state index contributed by atoms with van der Waals surface area (Å²) in [5.74, 6) is -2.20. The van der Waals surface area contributed by atoms with Crippen LogP contribution in [0.15, 0.2) is 42.5 Å². The van der Waals surface area contributed by atoms with Crippen LogP contribution < -0.4 is 5.32 Å². The number of hydrogen-bond donors (Lipinski definition) is 1. The number of amides is 5. The summed E-state index contributed by atoms with van der Waals surface area (Å²) < 4.78 is 0. The molecule has 1 aromatic heterocycles. The van der Waals surface area contributed by atoms with Crippen molar-refractivity contribution in [1.29, 1.82) is 0 Å². The Kier molecular flexibility index (Phi) is 5.09. The summed E-state index contributed by atoms with van der Waals surface area (Å²) in [7, 11) is 0. The highest BCUT2D eigenvalue weighted by molar-refractivity contribution is 7.15. The summed E-state index contributed by atoms with van der Waals surface area (Å²) in [6.07, 6.45) is 0. The minimum Gasteiger partial charge on any atom is -0.296 e. The molecular formula is C24H19N5O5S. The SMILES string of the molecule is CC(C)(C)N1C(=O)c2ccc(C(=O)Nc3nnc(CN4C(=O)c5ccccc5C4=O)s3)cc2C1=O. The fraction of sp³-hybridized carbons (Fsp3) is 0.208. The molecule has 0 radical (unpaired) electrons. The highest BCUT2D eigenvalue weighted by Gasteiger charge is 2.42. The van der Waals surface area contributed by atoms with Crippen molar-refractivity contribution in [2.45, 2.75) is 32.9 Å². The number of anilines is 1. The molecular weight excluding hydrogens is 470 g/mol. The molecule has 0 saturated carbocycles. The monoisotopic (exact) mass is 489 g/mol. The molecule has 2 aliphatic heterocycles. The van der Waals surface area contributed by atoms with Crippen LogP contribution in [-0.4, -0.2) is 55.1 Å². The van der Waals surface area contributed by atoms with Crippen LogP contribution in [0, 0.1) is 0 Å². The van der Waals surface area contributed by atoms with E-state index in [1.54, 1.807) is 45.0 Å². The maximum absolute atomic E-state index is 12.8. The molecule has 10 nitrogen and oxygen atoms in total. The number of carbonyl (C=O) groups is 5. The number of imide groups is 2. The summed E-state index contributed by atoms with van der Waals surface area (Å²) >= 11 is 1.03. The third-order valence-corrected chi connectivity index (χ3v) is 6.50. The van der Waals surface area contributed by atoms with Gasteiger partial charge in [0.2, 0.25) is 5.13 Å². The summed E-state index contributed by atoms with van der Waals surface area (Å²) in [4.78, 5) is 65.5. The molecule has 0 bridgehead atoms. The van der Waals surface area contributed by atoms with Gasteiger partial charge in [-0.05, 0) is 51.1 Å². The predicted molar refractivity (Wildman–Crippen MR) is 125 cm³/mol. The Labute approximate surface area is 203 Å². The van der Waals surface area contributed by atoms with E-state index in [1.165, 1.54) is 23.1 Å². The lowest BCUT2D eigenvalue weighted by molar-refractivity contribution is 0.0505. The summed E-state index contributed by atoms with van der Waals surface area (Å²) in [6, 6.07) is 10.9. The molecule has 0 saturated heterocycles. The largest absolute Gasteiger partial charge is 0.296 e. The minimum atomic E-state index is -0.696. The van der Waals surface area contributed by atoms with Gasteiger partial charge >= 0.3 is 0 Å². The van der Waals surface area contributed by atoms with E-state index in [0.29, 0.717) is 16.1 Å². The Balaban J connectivity index is 1.30. The van der Waals surface area contributed by atoms with E-state index in [4.69, 9.17) is 0 Å². The zero-order valence-corrected chi connectivity index (χ0v) is 19.8. The molecule has 0 aliphatic carbocycles. The number of fused-ring (bicyclic) bond motifs is 2. The van der Waals surface area contributed by atoms with Gasteiger partial charge in [-0.2, -0.15) is 0 Å². The molecule has 5 amide bonds. The Morgan fingerprint density at radius 3 is 2.09 bits per heavy atom. The molecule has 11 heteroatoms. The fourth-order valence-corrected chi connectivity index (χ4v) is 4.77. The first-order valence-corrected chi connectivity index (χ1v) is 11.5. The Bertz CT molecular complexity index is 1420. The van der Waals surface area contributed by atoms with Gasteiger partial charge in [0, 0.05) is 11.1 Å². The first kappa shape index (κ1) is 22.5. The lowest BCUT2D eigenvalue weighted by Gasteiger charge is -2.29. The van der Waals surface area contributed by atoms with Crippen molar-refractivity contribution >= 4 is 46.0 Å². The number of aromatic nitrogens is 2. The number of nitrogens with one attached hydrogen (secondary N) is 1. The van der Waals surface area contributed by atoms with Crippen LogP contribution in [-0.2, 0) is 6.54 Å². The van der Waals surface area contributed by atoms with Crippen LogP contribution in [0.4, 0.5) is 5.13 Å². The third kappa shape index (κ3) is 3.69. The lowest BCUT2D eigenvalue weighted by atomic mass is 10.1. The molecule has 0 unspecified atom stereocenters. The van der Waals surface area contributed by atoms with E-state index in [2.05, 4.69) is 15.5 Å². The topological polar surface area (TPSA) is 130 Å². The van der Waals surface area contributed by atoms with Crippen LogP contribution in [0.5, 0.6) is 0 Å². The normalized spacial score (nSPS) is 15.1. The van der Waals surface area contributed by atoms with Crippen LogP contribution in [0.25, 0.3) is 0 Å². The van der Waals surface area contributed by atoms with Gasteiger partial charge in [-0.1, -0.05) is 23.5 Å². The van der Waals surface area contributed by atoms with Crippen molar-refractivity contribution in [3.05, 3.63) is 75.3 Å². The van der Waals surface area contributed by atoms with Gasteiger partial charge in [0.25, 0.3) is 29.5 Å². The molecule has 0 fully saturated rings. The van der Waals surface area contributed by atoms with E-state index in [-0.39, 0.29) is 28.4 Å². The Morgan fingerprint density at radius 2 is 1.46 bits per heavy atom. The molecule has 176 valence electrons. The lowest BCUT2D eigenvalue weighted by Crippen LogP contribution is -2.45. The van der Waals surface area contributed by atoms with Crippen molar-refractivity contribution in [2.75, 3.05) is 5.32 Å². The minimum absolute atomic E-state index is 0.0714. The molecule has 0 spiro atoms. The zero-order valence-electron chi connectivity index (χ0n) is 19.0. The van der Waals surface area contributed by atoms with Gasteiger partial charge in [0.1, 0.15) is 5.01 Å². The smallest absolute Gasteiger partial charge is 0.262 e. The number of nitrogens with zero attached hydrogens (tertiary/aromatic N) is 4. The van der Waals surface area contributed by atoms with Gasteiger partial charge in [-0.15, -0.1) is 10.2 Å². The predicted octanol–water partition coefficient (Wildman–Crippen LogP) is 2.98. The highest BCUT2D eigenvalue weighted by Crippen LogP contribution is 2.30. The zero-order chi connectivity index (χ0) is 25.1. The maximum Gasteiger partial charge on any atom is 0.262 e. The molecule has 2 aromatic carbocycles. The second kappa shape index (κ2) is 7.91. The van der Waals surface area contributed by atoms with Gasteiger partial charge in [0.15, 0.2) is 0 Å². The number of rotatable bonds is 4. The summed E-state index contributed by atoms with van der Waals surface area (Å²) in [6.45, 7) is 5.21. The van der Waals surface area contributed by atoms with Crippen LogP contribution in [0.2, 0.25) is 0 Å². The molecule has 3 aromatic rings. The third-order valence-electron chi connectivity index (χ3n) is 5.68. The number of benzene rings is 2. The molecule has 0 atom stereocenters. The quantitative estimate of drug-likeness (QED) is 0.558.